The monoisotopic (exact) mass is 433 g/mol. The molecule has 6 N–H and O–H groups in total. The second-order valence-corrected chi connectivity index (χ2v) is 8.58. The normalized spacial score (nSPS) is 16.8. The van der Waals surface area contributed by atoms with Crippen molar-refractivity contribution in [1.29, 1.82) is 0 Å². The van der Waals surface area contributed by atoms with Crippen LogP contribution < -0.4 is 16.8 Å². The van der Waals surface area contributed by atoms with Crippen LogP contribution in [0.1, 0.15) is 34.9 Å². The SMILES string of the molecule is C=C(S/C=C(\N)c1sc(NC(=O)N2CCC[C@H]2C(N)=O)nc1C)c1cnc(C)[nH]1. The van der Waals surface area contributed by atoms with Gasteiger partial charge in [-0.2, -0.15) is 0 Å². The van der Waals surface area contributed by atoms with E-state index in [1.165, 1.54) is 28.0 Å². The lowest BCUT2D eigenvalue weighted by molar-refractivity contribution is -0.121. The van der Waals surface area contributed by atoms with E-state index in [0.717, 1.165) is 27.7 Å². The topological polar surface area (TPSA) is 143 Å². The Morgan fingerprint density at radius 1 is 1.45 bits per heavy atom. The summed E-state index contributed by atoms with van der Waals surface area (Å²) >= 11 is 2.65. The van der Waals surface area contributed by atoms with Gasteiger partial charge in [0.15, 0.2) is 5.13 Å². The molecule has 3 amide bonds. The Balaban J connectivity index is 1.67. The number of thioether (sulfide) groups is 1. The van der Waals surface area contributed by atoms with Gasteiger partial charge in [0, 0.05) is 16.9 Å². The fraction of sp³-hybridized carbons (Fsp3) is 0.333. The highest BCUT2D eigenvalue weighted by Crippen LogP contribution is 2.32. The Morgan fingerprint density at radius 2 is 2.21 bits per heavy atom. The van der Waals surface area contributed by atoms with Crippen LogP contribution in [0.2, 0.25) is 0 Å². The van der Waals surface area contributed by atoms with Gasteiger partial charge in [-0.05, 0) is 26.7 Å². The number of imidazole rings is 1. The summed E-state index contributed by atoms with van der Waals surface area (Å²) in [6.45, 7) is 8.20. The fourth-order valence-corrected chi connectivity index (χ4v) is 4.58. The van der Waals surface area contributed by atoms with E-state index >= 15 is 0 Å². The van der Waals surface area contributed by atoms with Gasteiger partial charge in [-0.3, -0.25) is 10.1 Å². The molecule has 0 radical (unpaired) electrons. The molecule has 1 atom stereocenters. The molecule has 2 aromatic rings. The second-order valence-electron chi connectivity index (χ2n) is 6.61. The van der Waals surface area contributed by atoms with Crippen LogP contribution >= 0.6 is 23.1 Å². The molecule has 29 heavy (non-hydrogen) atoms. The molecule has 1 fully saturated rings. The molecule has 0 aromatic carbocycles. The number of aromatic amines is 1. The van der Waals surface area contributed by atoms with Crippen molar-refractivity contribution in [2.75, 3.05) is 11.9 Å². The maximum Gasteiger partial charge on any atom is 0.324 e. The van der Waals surface area contributed by atoms with Gasteiger partial charge >= 0.3 is 6.03 Å². The lowest BCUT2D eigenvalue weighted by Gasteiger charge is -2.21. The Labute approximate surface area is 176 Å². The number of primary amides is 1. The van der Waals surface area contributed by atoms with E-state index in [0.29, 0.717) is 29.5 Å². The number of H-pyrrole nitrogens is 1. The van der Waals surface area contributed by atoms with E-state index in [4.69, 9.17) is 11.5 Å². The summed E-state index contributed by atoms with van der Waals surface area (Å²) in [5.41, 5.74) is 13.7. The first-order valence-electron chi connectivity index (χ1n) is 8.94. The molecule has 0 unspecified atom stereocenters. The number of likely N-dealkylation sites (tertiary alicyclic amines) is 1. The minimum atomic E-state index is -0.575. The standard InChI is InChI=1S/C18H23N7O2S2/c1-9-15(12(19)8-28-10(2)13-7-21-11(3)23-13)29-17(22-9)24-18(27)25-6-4-5-14(25)16(20)26/h7-8,14H,2,4-6,19H2,1,3H3,(H2,20,26)(H,21,23)(H,22,24,27)/b12-8-/t14-/m0/s1. The van der Waals surface area contributed by atoms with Crippen molar-refractivity contribution in [1.82, 2.24) is 19.9 Å². The molecule has 3 heterocycles. The number of aromatic nitrogens is 3. The molecule has 0 saturated carbocycles. The quantitative estimate of drug-likeness (QED) is 0.551. The largest absolute Gasteiger partial charge is 0.397 e. The average molecular weight is 434 g/mol. The van der Waals surface area contributed by atoms with Gasteiger partial charge in [0.05, 0.1) is 28.2 Å². The summed E-state index contributed by atoms with van der Waals surface area (Å²) in [4.78, 5) is 38.6. The molecule has 0 spiro atoms. The predicted molar refractivity (Wildman–Crippen MR) is 117 cm³/mol. The maximum atomic E-state index is 12.5. The molecule has 154 valence electrons. The van der Waals surface area contributed by atoms with Crippen LogP contribution in [0.3, 0.4) is 0 Å². The highest BCUT2D eigenvalue weighted by Gasteiger charge is 2.33. The smallest absolute Gasteiger partial charge is 0.324 e. The molecular formula is C18H23N7O2S2. The number of amides is 3. The number of nitrogens with zero attached hydrogens (tertiary/aromatic N) is 3. The van der Waals surface area contributed by atoms with Crippen molar-refractivity contribution in [3.8, 4) is 0 Å². The number of hydrogen-bond donors (Lipinski definition) is 4. The second kappa shape index (κ2) is 8.70. The van der Waals surface area contributed by atoms with E-state index in [2.05, 4.69) is 26.8 Å². The third kappa shape index (κ3) is 4.80. The van der Waals surface area contributed by atoms with Crippen LogP contribution in [0.5, 0.6) is 0 Å². The summed E-state index contributed by atoms with van der Waals surface area (Å²) in [7, 11) is 0. The van der Waals surface area contributed by atoms with Crippen molar-refractivity contribution in [2.24, 2.45) is 11.5 Å². The van der Waals surface area contributed by atoms with Gasteiger partial charge in [0.1, 0.15) is 11.9 Å². The number of carbonyl (C=O) groups is 2. The van der Waals surface area contributed by atoms with Crippen LogP contribution in [0.4, 0.5) is 9.93 Å². The van der Waals surface area contributed by atoms with Gasteiger partial charge in [0.25, 0.3) is 0 Å². The van der Waals surface area contributed by atoms with Crippen molar-refractivity contribution < 1.29 is 9.59 Å². The highest BCUT2D eigenvalue weighted by atomic mass is 32.2. The van der Waals surface area contributed by atoms with Crippen molar-refractivity contribution in [3.63, 3.8) is 0 Å². The first kappa shape index (κ1) is 20.9. The first-order chi connectivity index (χ1) is 13.8. The molecule has 1 saturated heterocycles. The lowest BCUT2D eigenvalue weighted by atomic mass is 10.2. The third-order valence-corrected chi connectivity index (χ3v) is 6.44. The van der Waals surface area contributed by atoms with Crippen LogP contribution in [-0.2, 0) is 4.79 Å². The molecule has 1 aliphatic heterocycles. The first-order valence-corrected chi connectivity index (χ1v) is 10.6. The van der Waals surface area contributed by atoms with Crippen LogP contribution in [0.15, 0.2) is 18.2 Å². The molecule has 0 bridgehead atoms. The molecule has 9 nitrogen and oxygen atoms in total. The van der Waals surface area contributed by atoms with Gasteiger partial charge in [-0.15, -0.1) is 0 Å². The van der Waals surface area contributed by atoms with Crippen LogP contribution in [0, 0.1) is 13.8 Å². The average Bonchev–Trinajstić information content (AvgIpc) is 3.39. The van der Waals surface area contributed by atoms with E-state index < -0.39 is 11.9 Å². The number of anilines is 1. The minimum absolute atomic E-state index is 0.383. The highest BCUT2D eigenvalue weighted by molar-refractivity contribution is 8.11. The van der Waals surface area contributed by atoms with Crippen LogP contribution in [0.25, 0.3) is 10.6 Å². The van der Waals surface area contributed by atoms with E-state index in [1.54, 1.807) is 11.6 Å². The van der Waals surface area contributed by atoms with Gasteiger partial charge < -0.3 is 21.4 Å². The Morgan fingerprint density at radius 3 is 2.86 bits per heavy atom. The van der Waals surface area contributed by atoms with Crippen molar-refractivity contribution in [2.45, 2.75) is 32.7 Å². The summed E-state index contributed by atoms with van der Waals surface area (Å²) < 4.78 is 0. The molecule has 11 heteroatoms. The summed E-state index contributed by atoms with van der Waals surface area (Å²) in [6.07, 6.45) is 3.05. The zero-order valence-electron chi connectivity index (χ0n) is 16.2. The maximum absolute atomic E-state index is 12.5. The molecular weight excluding hydrogens is 410 g/mol. The number of thiazole rings is 1. The van der Waals surface area contributed by atoms with Gasteiger partial charge in [0.2, 0.25) is 5.91 Å². The van der Waals surface area contributed by atoms with Gasteiger partial charge in [-0.25, -0.2) is 14.8 Å². The molecule has 0 aliphatic carbocycles. The number of hydrogen-bond acceptors (Lipinski definition) is 7. The lowest BCUT2D eigenvalue weighted by Crippen LogP contribution is -2.45. The number of nitrogens with two attached hydrogens (primary N) is 2. The summed E-state index contributed by atoms with van der Waals surface area (Å²) in [5.74, 6) is 0.319. The Kier molecular flexibility index (Phi) is 6.28. The van der Waals surface area contributed by atoms with Crippen molar-refractivity contribution in [3.05, 3.63) is 40.3 Å². The number of aryl methyl sites for hydroxylation is 2. The minimum Gasteiger partial charge on any atom is -0.397 e. The fourth-order valence-electron chi connectivity index (χ4n) is 3.00. The van der Waals surface area contributed by atoms with E-state index in [9.17, 15) is 9.59 Å². The number of nitrogens with one attached hydrogen (secondary N) is 2. The van der Waals surface area contributed by atoms with Crippen LogP contribution in [-0.4, -0.2) is 44.4 Å². The Bertz CT molecular complexity index is 979. The number of carbonyl (C=O) groups excluding carboxylic acids is 2. The van der Waals surface area contributed by atoms with Gasteiger partial charge in [-0.1, -0.05) is 29.7 Å². The van der Waals surface area contributed by atoms with E-state index in [1.807, 2.05) is 13.8 Å². The van der Waals surface area contributed by atoms with Crippen molar-refractivity contribution >= 4 is 50.8 Å². The summed E-state index contributed by atoms with van der Waals surface area (Å²) in [5, 5.41) is 4.95. The summed E-state index contributed by atoms with van der Waals surface area (Å²) in [6, 6.07) is -0.958. The molecule has 2 aromatic heterocycles. The van der Waals surface area contributed by atoms with E-state index in [-0.39, 0.29) is 6.03 Å². The zero-order chi connectivity index (χ0) is 21.1. The number of rotatable bonds is 6. The zero-order valence-corrected chi connectivity index (χ0v) is 17.8. The molecule has 3 rings (SSSR count). The Hall–Kier alpha value is -2.79. The molecule has 1 aliphatic rings. The third-order valence-electron chi connectivity index (χ3n) is 4.45. The predicted octanol–water partition coefficient (Wildman–Crippen LogP) is 2.63. The number of urea groups is 1.